The zero-order chi connectivity index (χ0) is 2.00. The Bertz CT molecular complexity index is 6.85. The van der Waals surface area contributed by atoms with Crippen LogP contribution < -0.4 is 0 Å². The van der Waals surface area contributed by atoms with Crippen molar-refractivity contribution in [3.05, 3.63) is 5.73 Å². The summed E-state index contributed by atoms with van der Waals surface area (Å²) in [5, 5.41) is 0. The zero-order valence-electron chi connectivity index (χ0n) is 3.23. The van der Waals surface area contributed by atoms with Crippen molar-refractivity contribution in [2.24, 2.45) is 0 Å². The first kappa shape index (κ1) is 23.0. The normalized spacial score (nSPS) is 1.20. The monoisotopic (exact) mass is 453 g/mol. The van der Waals surface area contributed by atoms with Gasteiger partial charge in [-0.25, -0.2) is 0 Å². The van der Waals surface area contributed by atoms with Gasteiger partial charge in [-0.1, -0.05) is 0 Å². The Kier molecular flexibility index (Phi) is 112. The molecule has 0 unspecified atom stereocenters. The number of hydrogen-bond donors (Lipinski definition) is 0. The Morgan fingerprint density at radius 1 is 0.800 bits per heavy atom. The summed E-state index contributed by atoms with van der Waals surface area (Å²) in [7, 11) is 1.25. The molecule has 0 bridgehead atoms. The van der Waals surface area contributed by atoms with E-state index >= 15 is 0 Å². The summed E-state index contributed by atoms with van der Waals surface area (Å²) < 4.78 is 0. The molecule has 23 valence electrons. The molecule has 5 heavy (non-hydrogen) atoms. The number of nitrogens with one attached hydrogen (secondary N) is 1. The standard InChI is InChI=1S/CH4N.3Pr/c1-2;;;/h2H,1H3;;;/q-1;;;. The maximum absolute atomic E-state index is 5.75. The summed E-state index contributed by atoms with van der Waals surface area (Å²) in [4.78, 5) is 0. The predicted octanol–water partition coefficient (Wildman–Crippen LogP) is 0.668. The summed E-state index contributed by atoms with van der Waals surface area (Å²) in [6.07, 6.45) is 0. The van der Waals surface area contributed by atoms with Crippen molar-refractivity contribution in [1.82, 2.24) is 0 Å². The maximum atomic E-state index is 5.75. The minimum atomic E-state index is 0. The van der Waals surface area contributed by atoms with Gasteiger partial charge in [-0.2, -0.15) is 7.05 Å². The summed E-state index contributed by atoms with van der Waals surface area (Å²) in [6, 6.07) is 0. The van der Waals surface area contributed by atoms with Crippen molar-refractivity contribution in [1.29, 1.82) is 0 Å². The van der Waals surface area contributed by atoms with Gasteiger partial charge in [-0.15, -0.1) is 0 Å². The van der Waals surface area contributed by atoms with Crippen molar-refractivity contribution >= 4 is 0 Å². The third kappa shape index (κ3) is 18.0. The second-order valence-electron chi connectivity index (χ2n) is 0. The van der Waals surface area contributed by atoms with Gasteiger partial charge in [0.15, 0.2) is 0 Å². The van der Waals surface area contributed by atoms with Gasteiger partial charge in [-0.05, 0) is 0 Å². The zero-order valence-corrected chi connectivity index (χ0v) is 14.3. The van der Waals surface area contributed by atoms with E-state index in [0.717, 1.165) is 0 Å². The van der Waals surface area contributed by atoms with Gasteiger partial charge >= 0.3 is 0 Å². The topological polar surface area (TPSA) is 23.8 Å². The van der Waals surface area contributed by atoms with Crippen LogP contribution in [0.5, 0.6) is 0 Å². The first-order valence-electron chi connectivity index (χ1n) is 0.500. The van der Waals surface area contributed by atoms with Crippen LogP contribution in [0.2, 0.25) is 0 Å². The molecule has 0 heterocycles. The second-order valence-corrected chi connectivity index (χ2v) is 0. The van der Waals surface area contributed by atoms with Crippen molar-refractivity contribution in [3.8, 4) is 0 Å². The van der Waals surface area contributed by atoms with Crippen LogP contribution in [0.25, 0.3) is 5.73 Å². The Labute approximate surface area is 132 Å². The van der Waals surface area contributed by atoms with E-state index in [1.807, 2.05) is 0 Å². The summed E-state index contributed by atoms with van der Waals surface area (Å²) in [5.41, 5.74) is 5.75. The van der Waals surface area contributed by atoms with Crippen LogP contribution in [-0.4, -0.2) is 7.05 Å². The number of rotatable bonds is 0. The van der Waals surface area contributed by atoms with Crippen LogP contribution in [-0.2, 0) is 0 Å². The Morgan fingerprint density at radius 3 is 0.800 bits per heavy atom. The third-order valence-corrected chi connectivity index (χ3v) is 0. The average Bonchev–Trinajstić information content (AvgIpc) is 1.00. The molecule has 0 aromatic heterocycles. The van der Waals surface area contributed by atoms with Crippen LogP contribution in [0.4, 0.5) is 0 Å². The van der Waals surface area contributed by atoms with E-state index in [0.29, 0.717) is 0 Å². The molecule has 0 atom stereocenters. The molecule has 1 N–H and O–H groups in total. The summed E-state index contributed by atoms with van der Waals surface area (Å²) in [6.45, 7) is 0. The molecule has 0 saturated carbocycles. The molecule has 1 nitrogen and oxygen atoms in total. The minimum absolute atomic E-state index is 0. The molecular formula is CH4NPr3-. The molecule has 4 heteroatoms. The van der Waals surface area contributed by atoms with Crippen molar-refractivity contribution < 1.29 is 124 Å². The molecule has 0 aliphatic rings. The first-order chi connectivity index (χ1) is 1.00. The third-order valence-electron chi connectivity index (χ3n) is 0. The predicted molar refractivity (Wildman–Crippen MR) is 10.2 cm³/mol. The van der Waals surface area contributed by atoms with E-state index in [2.05, 4.69) is 0 Å². The average molecular weight is 453 g/mol. The van der Waals surface area contributed by atoms with Gasteiger partial charge in [-0.3, -0.25) is 0 Å². The Hall–Kier alpha value is 4.05. The van der Waals surface area contributed by atoms with E-state index in [4.69, 9.17) is 5.73 Å². The SMILES string of the molecule is C[NH-].[Pr].[Pr].[Pr]. The maximum Gasteiger partial charge on any atom is 0 e. The molecule has 0 aromatic rings. The van der Waals surface area contributed by atoms with Crippen LogP contribution in [0.15, 0.2) is 0 Å². The van der Waals surface area contributed by atoms with E-state index in [9.17, 15) is 0 Å². The van der Waals surface area contributed by atoms with E-state index in [1.54, 1.807) is 0 Å². The quantitative estimate of drug-likeness (QED) is 0.516. The minimum Gasteiger partial charge on any atom is -0.680 e. The van der Waals surface area contributed by atoms with Gasteiger partial charge in [0.2, 0.25) is 0 Å². The molecule has 0 saturated heterocycles. The molecule has 0 aliphatic carbocycles. The molecule has 0 fully saturated rings. The van der Waals surface area contributed by atoms with Gasteiger partial charge in [0.25, 0.3) is 0 Å². The van der Waals surface area contributed by atoms with Gasteiger partial charge in [0.1, 0.15) is 0 Å². The van der Waals surface area contributed by atoms with Crippen LogP contribution in [0.3, 0.4) is 0 Å². The van der Waals surface area contributed by atoms with Crippen molar-refractivity contribution in [2.45, 2.75) is 0 Å². The van der Waals surface area contributed by atoms with Gasteiger partial charge in [0.05, 0.1) is 0 Å². The Balaban J connectivity index is -0.00000000167. The fourth-order valence-corrected chi connectivity index (χ4v) is 0. The molecule has 0 amide bonds. The smallest absolute Gasteiger partial charge is 0 e. The Morgan fingerprint density at radius 2 is 0.800 bits per heavy atom. The van der Waals surface area contributed by atoms with Crippen LogP contribution >= 0.6 is 0 Å². The molecule has 0 spiro atoms. The largest absolute Gasteiger partial charge is 0.680 e. The van der Waals surface area contributed by atoms with Crippen LogP contribution in [0, 0.1) is 124 Å². The molecule has 0 aliphatic heterocycles. The molecule has 0 aromatic carbocycles. The summed E-state index contributed by atoms with van der Waals surface area (Å²) in [5.74, 6) is 0. The van der Waals surface area contributed by atoms with Crippen LogP contribution in [0.1, 0.15) is 0 Å². The fourth-order valence-electron chi connectivity index (χ4n) is 0. The van der Waals surface area contributed by atoms with E-state index in [1.165, 1.54) is 7.05 Å². The van der Waals surface area contributed by atoms with Crippen molar-refractivity contribution in [3.63, 3.8) is 0 Å². The van der Waals surface area contributed by atoms with Gasteiger partial charge in [0, 0.05) is 124 Å². The fraction of sp³-hybridized carbons (Fsp3) is 1.00. The summed E-state index contributed by atoms with van der Waals surface area (Å²) >= 11 is 0. The van der Waals surface area contributed by atoms with Gasteiger partial charge < -0.3 is 5.73 Å². The second kappa shape index (κ2) is 24.4. The first-order valence-corrected chi connectivity index (χ1v) is 0.500. The molecular weight excluding hydrogens is 449 g/mol. The van der Waals surface area contributed by atoms with Crippen molar-refractivity contribution in [2.75, 3.05) is 7.05 Å². The van der Waals surface area contributed by atoms with E-state index < -0.39 is 0 Å². The van der Waals surface area contributed by atoms with E-state index in [-0.39, 0.29) is 124 Å². The molecule has 0 rings (SSSR count). The number of hydrogen-bond acceptors (Lipinski definition) is 0. The molecule has 3 radical (unpaired) electrons.